The minimum absolute atomic E-state index is 0.0532. The van der Waals surface area contributed by atoms with Crippen LogP contribution in [0, 0.1) is 0 Å². The Bertz CT molecular complexity index is 1220. The van der Waals surface area contributed by atoms with Crippen molar-refractivity contribution in [2.45, 2.75) is 58.2 Å². The second-order valence-electron chi connectivity index (χ2n) is 9.07. The number of nitrogens with zero attached hydrogens (tertiary/aromatic N) is 6. The normalized spacial score (nSPS) is 18.1. The third kappa shape index (κ3) is 4.22. The van der Waals surface area contributed by atoms with Crippen LogP contribution in [0.2, 0.25) is 0 Å². The topological polar surface area (TPSA) is 96.2 Å². The lowest BCUT2D eigenvalue weighted by atomic mass is 9.99. The Balaban J connectivity index is 1.37. The maximum atomic E-state index is 13.4. The molecule has 1 saturated heterocycles. The molecule has 0 unspecified atom stereocenters. The van der Waals surface area contributed by atoms with Crippen LogP contribution in [0.25, 0.3) is 10.9 Å². The van der Waals surface area contributed by atoms with Crippen LogP contribution >= 0.6 is 0 Å². The number of fused-ring (bicyclic) bond motifs is 2. The molecule has 9 nitrogen and oxygen atoms in total. The van der Waals surface area contributed by atoms with Gasteiger partial charge in [0.15, 0.2) is 5.82 Å². The number of anilines is 1. The molecular weight excluding hydrogens is 430 g/mol. The van der Waals surface area contributed by atoms with Gasteiger partial charge in [-0.25, -0.2) is 9.97 Å². The molecule has 1 N–H and O–H groups in total. The van der Waals surface area contributed by atoms with Crippen LogP contribution in [0.1, 0.15) is 55.7 Å². The minimum atomic E-state index is -0.152. The molecular formula is C25H31N7O2. The van der Waals surface area contributed by atoms with E-state index >= 15 is 0 Å². The van der Waals surface area contributed by atoms with Crippen molar-refractivity contribution in [3.8, 4) is 0 Å². The number of piperidine rings is 1. The zero-order chi connectivity index (χ0) is 23.7. The van der Waals surface area contributed by atoms with Crippen LogP contribution in [0.5, 0.6) is 0 Å². The molecule has 0 bridgehead atoms. The molecule has 34 heavy (non-hydrogen) atoms. The van der Waals surface area contributed by atoms with Crippen molar-refractivity contribution in [1.82, 2.24) is 29.5 Å². The molecule has 0 saturated carbocycles. The second kappa shape index (κ2) is 9.40. The largest absolute Gasteiger partial charge is 0.373 e. The monoisotopic (exact) mass is 461 g/mol. The average molecular weight is 462 g/mol. The van der Waals surface area contributed by atoms with Gasteiger partial charge in [0.1, 0.15) is 5.82 Å². The minimum Gasteiger partial charge on any atom is -0.373 e. The van der Waals surface area contributed by atoms with E-state index in [4.69, 9.17) is 9.97 Å². The van der Waals surface area contributed by atoms with Crippen molar-refractivity contribution < 1.29 is 9.59 Å². The Labute approximate surface area is 199 Å². The second-order valence-corrected chi connectivity index (χ2v) is 9.07. The summed E-state index contributed by atoms with van der Waals surface area (Å²) >= 11 is 0. The standard InChI is InChI=1S/C25H31N7O2/c1-17(33)30-13-10-19-20(16-30)28-25(29-24(19)26-2)22-9-5-6-12-31(22)23(34)11-14-32-21-8-4-3-7-18(21)15-27-32/h3-4,7-8,15,22H,5-6,9-14,16H2,1-2H3,(H,26,28,29)/t22-/m0/s1. The number of aromatic nitrogens is 4. The zero-order valence-electron chi connectivity index (χ0n) is 19.8. The van der Waals surface area contributed by atoms with Gasteiger partial charge in [0.05, 0.1) is 36.5 Å². The van der Waals surface area contributed by atoms with Crippen LogP contribution in [-0.4, -0.2) is 61.5 Å². The van der Waals surface area contributed by atoms with Crippen LogP contribution in [0.15, 0.2) is 30.5 Å². The Kier molecular flexibility index (Phi) is 6.17. The number of aryl methyl sites for hydroxylation is 1. The number of para-hydroxylation sites is 1. The predicted octanol–water partition coefficient (Wildman–Crippen LogP) is 2.92. The zero-order valence-corrected chi connectivity index (χ0v) is 19.8. The summed E-state index contributed by atoms with van der Waals surface area (Å²) in [5.74, 6) is 1.63. The highest BCUT2D eigenvalue weighted by atomic mass is 16.2. The van der Waals surface area contributed by atoms with Crippen LogP contribution in [0.4, 0.5) is 5.82 Å². The fraction of sp³-hybridized carbons (Fsp3) is 0.480. The van der Waals surface area contributed by atoms with E-state index in [0.717, 1.165) is 53.7 Å². The van der Waals surface area contributed by atoms with Gasteiger partial charge in [0, 0.05) is 44.4 Å². The summed E-state index contributed by atoms with van der Waals surface area (Å²) in [7, 11) is 1.86. The third-order valence-electron chi connectivity index (χ3n) is 6.97. The molecule has 0 spiro atoms. The van der Waals surface area contributed by atoms with Gasteiger partial charge < -0.3 is 15.1 Å². The highest BCUT2D eigenvalue weighted by Gasteiger charge is 2.32. The number of likely N-dealkylation sites (tertiary alicyclic amines) is 1. The fourth-order valence-electron chi connectivity index (χ4n) is 5.12. The summed E-state index contributed by atoms with van der Waals surface area (Å²) in [6, 6.07) is 7.89. The van der Waals surface area contributed by atoms with Gasteiger partial charge in [-0.15, -0.1) is 0 Å². The number of rotatable bonds is 5. The molecule has 5 rings (SSSR count). The molecule has 3 aromatic rings. The van der Waals surface area contributed by atoms with Crippen LogP contribution in [0.3, 0.4) is 0 Å². The third-order valence-corrected chi connectivity index (χ3v) is 6.97. The first-order valence-corrected chi connectivity index (χ1v) is 12.1. The highest BCUT2D eigenvalue weighted by Crippen LogP contribution is 2.33. The van der Waals surface area contributed by atoms with E-state index in [2.05, 4.69) is 10.4 Å². The first-order valence-electron chi connectivity index (χ1n) is 12.1. The van der Waals surface area contributed by atoms with Crippen molar-refractivity contribution in [3.63, 3.8) is 0 Å². The summed E-state index contributed by atoms with van der Waals surface area (Å²) in [4.78, 5) is 38.8. The van der Waals surface area contributed by atoms with E-state index in [0.29, 0.717) is 38.4 Å². The van der Waals surface area contributed by atoms with Gasteiger partial charge in [0.2, 0.25) is 11.8 Å². The first kappa shape index (κ1) is 22.3. The van der Waals surface area contributed by atoms with Gasteiger partial charge in [-0.1, -0.05) is 18.2 Å². The van der Waals surface area contributed by atoms with E-state index in [9.17, 15) is 9.59 Å². The number of hydrogen-bond donors (Lipinski definition) is 1. The van der Waals surface area contributed by atoms with Gasteiger partial charge in [-0.2, -0.15) is 5.10 Å². The molecule has 2 aliphatic rings. The smallest absolute Gasteiger partial charge is 0.225 e. The maximum absolute atomic E-state index is 13.4. The van der Waals surface area contributed by atoms with Crippen LogP contribution in [-0.2, 0) is 29.1 Å². The Hall–Kier alpha value is -3.49. The van der Waals surface area contributed by atoms with Gasteiger partial charge >= 0.3 is 0 Å². The van der Waals surface area contributed by atoms with Crippen LogP contribution < -0.4 is 5.32 Å². The molecule has 0 radical (unpaired) electrons. The maximum Gasteiger partial charge on any atom is 0.225 e. The van der Waals surface area contributed by atoms with Crippen molar-refractivity contribution in [3.05, 3.63) is 47.5 Å². The highest BCUT2D eigenvalue weighted by molar-refractivity contribution is 5.79. The van der Waals surface area contributed by atoms with Crippen molar-refractivity contribution >= 4 is 28.5 Å². The van der Waals surface area contributed by atoms with Gasteiger partial charge in [-0.05, 0) is 31.7 Å². The molecule has 1 aromatic carbocycles. The summed E-state index contributed by atoms with van der Waals surface area (Å²) in [5, 5.41) is 8.75. The van der Waals surface area contributed by atoms with E-state index in [1.165, 1.54) is 0 Å². The molecule has 2 aliphatic heterocycles. The van der Waals surface area contributed by atoms with Crippen molar-refractivity contribution in [2.24, 2.45) is 0 Å². The molecule has 4 heterocycles. The summed E-state index contributed by atoms with van der Waals surface area (Å²) in [6.07, 6.45) is 5.81. The molecule has 1 atom stereocenters. The SMILES string of the molecule is CNc1nc([C@@H]2CCCCN2C(=O)CCn2ncc3ccccc32)nc2c1CCN(C(C)=O)C2. The lowest BCUT2D eigenvalue weighted by molar-refractivity contribution is -0.135. The molecule has 9 heteroatoms. The lowest BCUT2D eigenvalue weighted by Crippen LogP contribution is -2.40. The molecule has 178 valence electrons. The van der Waals surface area contributed by atoms with E-state index in [-0.39, 0.29) is 17.9 Å². The molecule has 2 amide bonds. The molecule has 2 aromatic heterocycles. The van der Waals surface area contributed by atoms with E-state index in [1.807, 2.05) is 52.0 Å². The first-order chi connectivity index (χ1) is 16.5. The predicted molar refractivity (Wildman–Crippen MR) is 129 cm³/mol. The number of carbonyl (C=O) groups is 2. The van der Waals surface area contributed by atoms with Gasteiger partial charge in [-0.3, -0.25) is 14.3 Å². The van der Waals surface area contributed by atoms with E-state index < -0.39 is 0 Å². The fourth-order valence-corrected chi connectivity index (χ4v) is 5.12. The number of benzene rings is 1. The molecule has 1 fully saturated rings. The summed E-state index contributed by atoms with van der Waals surface area (Å²) in [5.41, 5.74) is 3.00. The Morgan fingerprint density at radius 1 is 1.15 bits per heavy atom. The summed E-state index contributed by atoms with van der Waals surface area (Å²) in [6.45, 7) is 4.00. The van der Waals surface area contributed by atoms with Gasteiger partial charge in [0.25, 0.3) is 0 Å². The number of nitrogens with one attached hydrogen (secondary N) is 1. The summed E-state index contributed by atoms with van der Waals surface area (Å²) < 4.78 is 1.90. The molecule has 0 aliphatic carbocycles. The van der Waals surface area contributed by atoms with Crippen molar-refractivity contribution in [1.29, 1.82) is 0 Å². The number of carbonyl (C=O) groups excluding carboxylic acids is 2. The quantitative estimate of drug-likeness (QED) is 0.628. The Morgan fingerprint density at radius 2 is 2.00 bits per heavy atom. The van der Waals surface area contributed by atoms with Crippen molar-refractivity contribution in [2.75, 3.05) is 25.5 Å². The van der Waals surface area contributed by atoms with E-state index in [1.54, 1.807) is 6.92 Å². The Morgan fingerprint density at radius 3 is 2.82 bits per heavy atom. The lowest BCUT2D eigenvalue weighted by Gasteiger charge is -2.36. The number of hydrogen-bond acceptors (Lipinski definition) is 6. The number of amides is 2. The average Bonchev–Trinajstić information content (AvgIpc) is 3.29.